The van der Waals surface area contributed by atoms with E-state index in [2.05, 4.69) is 13.8 Å². The van der Waals surface area contributed by atoms with Crippen LogP contribution in [0.4, 0.5) is 0 Å². The van der Waals surface area contributed by atoms with E-state index >= 15 is 0 Å². The van der Waals surface area contributed by atoms with Crippen LogP contribution in [-0.4, -0.2) is 27.6 Å². The van der Waals surface area contributed by atoms with Gasteiger partial charge in [0, 0.05) is 19.3 Å². The lowest BCUT2D eigenvalue weighted by Crippen LogP contribution is -2.56. The Morgan fingerprint density at radius 3 is 2.54 bits per heavy atom. The molecule has 0 aliphatic heterocycles. The molecule has 4 heteroatoms. The molecule has 26 heavy (non-hydrogen) atoms. The Morgan fingerprint density at radius 1 is 1.08 bits per heavy atom. The van der Waals surface area contributed by atoms with Crippen molar-refractivity contribution in [3.05, 3.63) is 0 Å². The molecule has 0 aromatic carbocycles. The Kier molecular flexibility index (Phi) is 4.30. The van der Waals surface area contributed by atoms with Gasteiger partial charge in [0.1, 0.15) is 5.78 Å². The maximum atomic E-state index is 12.0. The molecule has 0 spiro atoms. The van der Waals surface area contributed by atoms with Gasteiger partial charge in [-0.2, -0.15) is 0 Å². The summed E-state index contributed by atoms with van der Waals surface area (Å²) in [5.74, 6) is 2.03. The molecule has 0 bridgehead atoms. The Balaban J connectivity index is 1.58. The smallest absolute Gasteiger partial charge is 0.303 e. The van der Waals surface area contributed by atoms with Gasteiger partial charge >= 0.3 is 5.97 Å². The zero-order valence-electron chi connectivity index (χ0n) is 16.3. The minimum absolute atomic E-state index is 0.0643. The lowest BCUT2D eigenvalue weighted by molar-refractivity contribution is -0.161. The summed E-state index contributed by atoms with van der Waals surface area (Å²) in [5.41, 5.74) is -0.668. The molecule has 2 N–H and O–H groups in total. The normalized spacial score (nSPS) is 50.7. The number of rotatable bonds is 3. The highest BCUT2D eigenvalue weighted by molar-refractivity contribution is 5.79. The summed E-state index contributed by atoms with van der Waals surface area (Å²) >= 11 is 0. The zero-order chi connectivity index (χ0) is 18.7. The van der Waals surface area contributed by atoms with E-state index < -0.39 is 11.6 Å². The van der Waals surface area contributed by atoms with Crippen LogP contribution >= 0.6 is 0 Å². The number of aliphatic hydroxyl groups is 1. The van der Waals surface area contributed by atoms with E-state index in [1.165, 1.54) is 6.42 Å². The fourth-order valence-corrected chi connectivity index (χ4v) is 7.88. The molecule has 0 radical (unpaired) electrons. The molecule has 1 unspecified atom stereocenters. The van der Waals surface area contributed by atoms with Crippen molar-refractivity contribution < 1.29 is 19.8 Å². The number of hydrogen-bond acceptors (Lipinski definition) is 3. The summed E-state index contributed by atoms with van der Waals surface area (Å²) in [5, 5.41) is 20.5. The highest BCUT2D eigenvalue weighted by atomic mass is 16.4. The van der Waals surface area contributed by atoms with Gasteiger partial charge in [-0.25, -0.2) is 0 Å². The monoisotopic (exact) mass is 362 g/mol. The van der Waals surface area contributed by atoms with Gasteiger partial charge < -0.3 is 10.2 Å². The number of fused-ring (bicyclic) bond motifs is 5. The van der Waals surface area contributed by atoms with Gasteiger partial charge in [0.15, 0.2) is 0 Å². The summed E-state index contributed by atoms with van der Waals surface area (Å²) in [6, 6.07) is 0. The standard InChI is InChI=1S/C22H34O4/c1-20-9-5-15(23)13-14(20)3-4-16-17(20)6-10-21(2)18(16)7-11-22(21,26)12-8-19(24)25/h14,16-18,26H,3-13H2,1-2H3,(H,24,25)/t14?,16-,17+,18+,20+,21+,22+/m1/s1. The van der Waals surface area contributed by atoms with Gasteiger partial charge in [-0.05, 0) is 85.9 Å². The third-order valence-corrected chi connectivity index (χ3v) is 9.56. The van der Waals surface area contributed by atoms with Crippen molar-refractivity contribution in [2.24, 2.45) is 34.5 Å². The van der Waals surface area contributed by atoms with Crippen molar-refractivity contribution in [1.29, 1.82) is 0 Å². The average molecular weight is 363 g/mol. The van der Waals surface area contributed by atoms with Crippen LogP contribution in [0.3, 0.4) is 0 Å². The van der Waals surface area contributed by atoms with E-state index in [0.717, 1.165) is 51.4 Å². The molecule has 146 valence electrons. The average Bonchev–Trinajstić information content (AvgIpc) is 2.86. The van der Waals surface area contributed by atoms with Crippen LogP contribution in [0.1, 0.15) is 84.5 Å². The van der Waals surface area contributed by atoms with Crippen molar-refractivity contribution in [1.82, 2.24) is 0 Å². The predicted molar refractivity (Wildman–Crippen MR) is 98.6 cm³/mol. The summed E-state index contributed by atoms with van der Waals surface area (Å²) in [6.45, 7) is 4.68. The Hall–Kier alpha value is -0.900. The van der Waals surface area contributed by atoms with E-state index in [9.17, 15) is 14.7 Å². The molecule has 0 aromatic rings. The minimum Gasteiger partial charge on any atom is -0.481 e. The summed E-state index contributed by atoms with van der Waals surface area (Å²) in [6.07, 6.45) is 9.30. The Labute approximate surface area is 156 Å². The predicted octanol–water partition coefficient (Wildman–Crippen LogP) is 4.19. The summed E-state index contributed by atoms with van der Waals surface area (Å²) in [4.78, 5) is 23.1. The molecule has 7 atom stereocenters. The molecule has 4 aliphatic rings. The molecular weight excluding hydrogens is 328 g/mol. The Bertz CT molecular complexity index is 615. The molecule has 4 aliphatic carbocycles. The van der Waals surface area contributed by atoms with Crippen molar-refractivity contribution in [3.63, 3.8) is 0 Å². The minimum atomic E-state index is -0.818. The van der Waals surface area contributed by atoms with E-state index in [4.69, 9.17) is 5.11 Å². The SMILES string of the molecule is C[C@]12CCC(=O)CC1CC[C@@H]1[C@@H]2CC[C@@]2(C)[C@H]1CC[C@]2(O)CCC(=O)O. The number of carboxylic acid groups (broad SMARTS) is 1. The van der Waals surface area contributed by atoms with Crippen LogP contribution < -0.4 is 0 Å². The van der Waals surface area contributed by atoms with E-state index in [1.807, 2.05) is 0 Å². The third kappa shape index (κ3) is 2.51. The van der Waals surface area contributed by atoms with Crippen LogP contribution in [0.15, 0.2) is 0 Å². The molecule has 4 fully saturated rings. The molecule has 4 nitrogen and oxygen atoms in total. The van der Waals surface area contributed by atoms with Gasteiger partial charge in [-0.1, -0.05) is 13.8 Å². The fraction of sp³-hybridized carbons (Fsp3) is 0.909. The van der Waals surface area contributed by atoms with Crippen molar-refractivity contribution >= 4 is 11.8 Å². The first-order valence-corrected chi connectivity index (χ1v) is 10.7. The van der Waals surface area contributed by atoms with Crippen molar-refractivity contribution in [3.8, 4) is 0 Å². The fourth-order valence-electron chi connectivity index (χ4n) is 7.88. The number of aliphatic carboxylic acids is 1. The molecule has 0 amide bonds. The second-order valence-corrected chi connectivity index (χ2v) is 10.3. The lowest BCUT2D eigenvalue weighted by atomic mass is 9.44. The highest BCUT2D eigenvalue weighted by Gasteiger charge is 2.64. The molecule has 4 saturated carbocycles. The van der Waals surface area contributed by atoms with Crippen LogP contribution in [0.5, 0.6) is 0 Å². The highest BCUT2D eigenvalue weighted by Crippen LogP contribution is 2.68. The number of carboxylic acids is 1. The van der Waals surface area contributed by atoms with Gasteiger partial charge in [-0.15, -0.1) is 0 Å². The van der Waals surface area contributed by atoms with Crippen molar-refractivity contribution in [2.45, 2.75) is 90.1 Å². The molecular formula is C22H34O4. The summed E-state index contributed by atoms with van der Waals surface area (Å²) in [7, 11) is 0. The maximum Gasteiger partial charge on any atom is 0.303 e. The number of carbonyl (C=O) groups excluding carboxylic acids is 1. The first-order valence-electron chi connectivity index (χ1n) is 10.7. The van der Waals surface area contributed by atoms with Gasteiger partial charge in [0.25, 0.3) is 0 Å². The third-order valence-electron chi connectivity index (χ3n) is 9.56. The quantitative estimate of drug-likeness (QED) is 0.789. The van der Waals surface area contributed by atoms with E-state index in [1.54, 1.807) is 0 Å². The van der Waals surface area contributed by atoms with Crippen LogP contribution in [0.25, 0.3) is 0 Å². The van der Waals surface area contributed by atoms with Crippen LogP contribution in [0, 0.1) is 34.5 Å². The number of hydrogen-bond donors (Lipinski definition) is 2. The van der Waals surface area contributed by atoms with Gasteiger partial charge in [0.2, 0.25) is 0 Å². The number of carbonyl (C=O) groups is 2. The second kappa shape index (κ2) is 6.05. The lowest BCUT2D eigenvalue weighted by Gasteiger charge is -2.61. The number of ketones is 1. The van der Waals surface area contributed by atoms with Gasteiger partial charge in [0.05, 0.1) is 5.60 Å². The van der Waals surface area contributed by atoms with Crippen LogP contribution in [0.2, 0.25) is 0 Å². The van der Waals surface area contributed by atoms with Gasteiger partial charge in [-0.3, -0.25) is 9.59 Å². The summed E-state index contributed by atoms with van der Waals surface area (Å²) < 4.78 is 0. The van der Waals surface area contributed by atoms with E-state index in [0.29, 0.717) is 41.3 Å². The second-order valence-electron chi connectivity index (χ2n) is 10.3. The topological polar surface area (TPSA) is 74.6 Å². The van der Waals surface area contributed by atoms with Crippen molar-refractivity contribution in [2.75, 3.05) is 0 Å². The first-order chi connectivity index (χ1) is 12.2. The first kappa shape index (κ1) is 18.5. The molecule has 4 rings (SSSR count). The molecule has 0 heterocycles. The largest absolute Gasteiger partial charge is 0.481 e. The Morgan fingerprint density at radius 2 is 1.81 bits per heavy atom. The number of Topliss-reactive ketones (excluding diaryl/α,β-unsaturated/α-hetero) is 1. The zero-order valence-corrected chi connectivity index (χ0v) is 16.3. The maximum absolute atomic E-state index is 12.0. The van der Waals surface area contributed by atoms with Crippen LogP contribution in [-0.2, 0) is 9.59 Å². The molecule has 0 aromatic heterocycles. The molecule has 0 saturated heterocycles. The van der Waals surface area contributed by atoms with E-state index in [-0.39, 0.29) is 11.8 Å².